The van der Waals surface area contributed by atoms with Crippen LogP contribution in [0.3, 0.4) is 0 Å². The van der Waals surface area contributed by atoms with Crippen molar-refractivity contribution in [2.75, 3.05) is 4.90 Å². The number of benzene rings is 3. The molecule has 0 unspecified atom stereocenters. The number of para-hydroxylation sites is 5. The summed E-state index contributed by atoms with van der Waals surface area (Å²) in [6.07, 6.45) is 3.44. The average molecular weight is 311 g/mol. The molecule has 4 aromatic rings. The van der Waals surface area contributed by atoms with Crippen molar-refractivity contribution in [2.24, 2.45) is 0 Å². The minimum absolute atomic E-state index is 0.831. The van der Waals surface area contributed by atoms with Crippen molar-refractivity contribution in [3.63, 3.8) is 0 Å². The third-order valence-corrected chi connectivity index (χ3v) is 4.15. The summed E-state index contributed by atoms with van der Waals surface area (Å²) in [6, 6.07) is 22.1. The number of rotatable bonds is 1. The SMILES string of the molecule is c1ccc2c(c1)Oc1ccccc1N2c1cccc2nccnc12. The van der Waals surface area contributed by atoms with Crippen molar-refractivity contribution in [3.05, 3.63) is 79.1 Å². The van der Waals surface area contributed by atoms with Gasteiger partial charge in [-0.15, -0.1) is 0 Å². The van der Waals surface area contributed by atoms with E-state index < -0.39 is 0 Å². The first-order valence-corrected chi connectivity index (χ1v) is 7.77. The van der Waals surface area contributed by atoms with Gasteiger partial charge in [-0.25, -0.2) is 0 Å². The van der Waals surface area contributed by atoms with Crippen LogP contribution in [0.15, 0.2) is 79.1 Å². The molecule has 0 amide bonds. The Morgan fingerprint density at radius 2 is 1.25 bits per heavy atom. The maximum absolute atomic E-state index is 6.06. The zero-order valence-electron chi connectivity index (χ0n) is 12.8. The number of fused-ring (bicyclic) bond motifs is 3. The Bertz CT molecular complexity index is 1010. The van der Waals surface area contributed by atoms with E-state index >= 15 is 0 Å². The van der Waals surface area contributed by atoms with Crippen molar-refractivity contribution in [2.45, 2.75) is 0 Å². The van der Waals surface area contributed by atoms with Crippen molar-refractivity contribution in [1.82, 2.24) is 9.97 Å². The van der Waals surface area contributed by atoms with Gasteiger partial charge in [0.15, 0.2) is 11.5 Å². The van der Waals surface area contributed by atoms with E-state index in [0.717, 1.165) is 39.6 Å². The van der Waals surface area contributed by atoms with Gasteiger partial charge in [0.25, 0.3) is 0 Å². The van der Waals surface area contributed by atoms with Gasteiger partial charge in [0, 0.05) is 12.4 Å². The number of nitrogens with zero attached hydrogens (tertiary/aromatic N) is 3. The van der Waals surface area contributed by atoms with Crippen LogP contribution >= 0.6 is 0 Å². The van der Waals surface area contributed by atoms with Crippen LogP contribution in [0.4, 0.5) is 17.1 Å². The van der Waals surface area contributed by atoms with Gasteiger partial charge in [-0.2, -0.15) is 0 Å². The van der Waals surface area contributed by atoms with Gasteiger partial charge in [-0.1, -0.05) is 30.3 Å². The fraction of sp³-hybridized carbons (Fsp3) is 0. The Hall–Kier alpha value is -3.40. The highest BCUT2D eigenvalue weighted by atomic mass is 16.5. The third-order valence-electron chi connectivity index (χ3n) is 4.15. The van der Waals surface area contributed by atoms with Gasteiger partial charge in [-0.05, 0) is 36.4 Å². The van der Waals surface area contributed by atoms with Crippen LogP contribution in [-0.2, 0) is 0 Å². The molecule has 0 aliphatic carbocycles. The molecule has 4 heteroatoms. The summed E-state index contributed by atoms with van der Waals surface area (Å²) >= 11 is 0. The maximum atomic E-state index is 6.06. The quantitative estimate of drug-likeness (QED) is 0.426. The standard InChI is InChI=1S/C20H13N3O/c1-3-10-18-15(7-1)23(16-8-2-4-11-19(16)24-18)17-9-5-6-14-20(17)22-13-12-21-14/h1-13H. The van der Waals surface area contributed by atoms with Gasteiger partial charge in [0.05, 0.1) is 22.6 Å². The van der Waals surface area contributed by atoms with Crippen LogP contribution < -0.4 is 9.64 Å². The first-order valence-electron chi connectivity index (χ1n) is 7.77. The lowest BCUT2D eigenvalue weighted by Crippen LogP contribution is -2.16. The maximum Gasteiger partial charge on any atom is 0.151 e. The zero-order chi connectivity index (χ0) is 15.9. The van der Waals surface area contributed by atoms with Crippen LogP contribution in [0.2, 0.25) is 0 Å². The predicted molar refractivity (Wildman–Crippen MR) is 94.3 cm³/mol. The molecule has 114 valence electrons. The monoisotopic (exact) mass is 311 g/mol. The highest BCUT2D eigenvalue weighted by Gasteiger charge is 2.26. The van der Waals surface area contributed by atoms with Crippen LogP contribution in [0.25, 0.3) is 11.0 Å². The molecule has 4 nitrogen and oxygen atoms in total. The van der Waals surface area contributed by atoms with E-state index in [0.29, 0.717) is 0 Å². The Morgan fingerprint density at radius 3 is 2.00 bits per heavy atom. The lowest BCUT2D eigenvalue weighted by atomic mass is 10.1. The van der Waals surface area contributed by atoms with Crippen molar-refractivity contribution >= 4 is 28.1 Å². The van der Waals surface area contributed by atoms with Gasteiger partial charge in [0.1, 0.15) is 5.52 Å². The average Bonchev–Trinajstić information content (AvgIpc) is 2.66. The summed E-state index contributed by atoms with van der Waals surface area (Å²) < 4.78 is 6.06. The molecule has 0 N–H and O–H groups in total. The third kappa shape index (κ3) is 1.86. The second-order valence-corrected chi connectivity index (χ2v) is 5.57. The molecular weight excluding hydrogens is 298 g/mol. The molecule has 1 aliphatic rings. The number of hydrogen-bond acceptors (Lipinski definition) is 4. The van der Waals surface area contributed by atoms with E-state index in [2.05, 4.69) is 33.1 Å². The first kappa shape index (κ1) is 13.1. The fourth-order valence-electron chi connectivity index (χ4n) is 3.12. The van der Waals surface area contributed by atoms with E-state index in [9.17, 15) is 0 Å². The molecule has 2 heterocycles. The molecule has 0 saturated carbocycles. The number of anilines is 3. The van der Waals surface area contributed by atoms with E-state index in [1.54, 1.807) is 12.4 Å². The van der Waals surface area contributed by atoms with Crippen molar-refractivity contribution < 1.29 is 4.74 Å². The Kier molecular flexibility index (Phi) is 2.76. The minimum atomic E-state index is 0.831. The first-order chi connectivity index (χ1) is 11.9. The Labute approximate surface area is 139 Å². The molecule has 0 saturated heterocycles. The highest BCUT2D eigenvalue weighted by Crippen LogP contribution is 2.50. The lowest BCUT2D eigenvalue weighted by Gasteiger charge is -2.32. The van der Waals surface area contributed by atoms with Gasteiger partial charge in [-0.3, -0.25) is 9.97 Å². The van der Waals surface area contributed by atoms with Crippen LogP contribution in [0.1, 0.15) is 0 Å². The molecule has 0 bridgehead atoms. The fourth-order valence-corrected chi connectivity index (χ4v) is 3.12. The molecule has 3 aromatic carbocycles. The topological polar surface area (TPSA) is 38.2 Å². The van der Waals surface area contributed by atoms with Crippen molar-refractivity contribution in [1.29, 1.82) is 0 Å². The second kappa shape index (κ2) is 5.06. The molecule has 0 atom stereocenters. The summed E-state index contributed by atoms with van der Waals surface area (Å²) in [5, 5.41) is 0. The predicted octanol–water partition coefficient (Wildman–Crippen LogP) is 5.21. The smallest absolute Gasteiger partial charge is 0.151 e. The van der Waals surface area contributed by atoms with Crippen LogP contribution in [0.5, 0.6) is 11.5 Å². The number of aromatic nitrogens is 2. The summed E-state index contributed by atoms with van der Waals surface area (Å²) in [5.74, 6) is 1.66. The largest absolute Gasteiger partial charge is 0.453 e. The molecule has 24 heavy (non-hydrogen) atoms. The van der Waals surface area contributed by atoms with Gasteiger partial charge in [0.2, 0.25) is 0 Å². The molecule has 5 rings (SSSR count). The summed E-state index contributed by atoms with van der Waals surface area (Å²) in [4.78, 5) is 11.2. The van der Waals surface area contributed by atoms with Gasteiger partial charge < -0.3 is 9.64 Å². The molecule has 0 radical (unpaired) electrons. The minimum Gasteiger partial charge on any atom is -0.453 e. The zero-order valence-corrected chi connectivity index (χ0v) is 12.8. The Morgan fingerprint density at radius 1 is 0.625 bits per heavy atom. The van der Waals surface area contributed by atoms with Crippen LogP contribution in [-0.4, -0.2) is 9.97 Å². The normalized spacial score (nSPS) is 12.4. The van der Waals surface area contributed by atoms with Crippen LogP contribution in [0, 0.1) is 0 Å². The van der Waals surface area contributed by atoms with Crippen molar-refractivity contribution in [3.8, 4) is 11.5 Å². The molecule has 0 fully saturated rings. The second-order valence-electron chi connectivity index (χ2n) is 5.57. The molecular formula is C20H13N3O. The van der Waals surface area contributed by atoms with E-state index in [1.807, 2.05) is 48.5 Å². The highest BCUT2D eigenvalue weighted by molar-refractivity contribution is 5.97. The van der Waals surface area contributed by atoms with E-state index in [4.69, 9.17) is 4.74 Å². The molecule has 1 aromatic heterocycles. The van der Waals surface area contributed by atoms with E-state index in [-0.39, 0.29) is 0 Å². The summed E-state index contributed by atoms with van der Waals surface area (Å²) in [7, 11) is 0. The van der Waals surface area contributed by atoms with E-state index in [1.165, 1.54) is 0 Å². The summed E-state index contributed by atoms with van der Waals surface area (Å²) in [5.41, 5.74) is 4.72. The summed E-state index contributed by atoms with van der Waals surface area (Å²) in [6.45, 7) is 0. The van der Waals surface area contributed by atoms with Gasteiger partial charge >= 0.3 is 0 Å². The molecule has 0 spiro atoms. The number of ether oxygens (including phenoxy) is 1. The Balaban J connectivity index is 1.84. The lowest BCUT2D eigenvalue weighted by molar-refractivity contribution is 0.477. The number of hydrogen-bond donors (Lipinski definition) is 0. The molecule has 1 aliphatic heterocycles.